The Labute approximate surface area is 241 Å². The number of hydrogen-bond acceptors (Lipinski definition) is 6. The Kier molecular flexibility index (Phi) is 8.59. The molecule has 0 saturated carbocycles. The van der Waals surface area contributed by atoms with E-state index >= 15 is 0 Å². The summed E-state index contributed by atoms with van der Waals surface area (Å²) in [7, 11) is 1.57. The first-order valence-corrected chi connectivity index (χ1v) is 14.3. The summed E-state index contributed by atoms with van der Waals surface area (Å²) < 4.78 is 5.21. The summed E-state index contributed by atoms with van der Waals surface area (Å²) in [5.41, 5.74) is 5.07. The lowest BCUT2D eigenvalue weighted by Gasteiger charge is -2.16. The topological polar surface area (TPSA) is 80.3 Å². The number of anilines is 2. The third-order valence-corrected chi connectivity index (χ3v) is 8.14. The van der Waals surface area contributed by atoms with E-state index in [0.29, 0.717) is 22.1 Å². The van der Waals surface area contributed by atoms with Gasteiger partial charge in [0, 0.05) is 27.1 Å². The van der Waals surface area contributed by atoms with E-state index in [4.69, 9.17) is 4.74 Å². The van der Waals surface area contributed by atoms with Gasteiger partial charge in [-0.05, 0) is 55.0 Å². The Balaban J connectivity index is 1.29. The molecule has 8 heteroatoms. The highest BCUT2D eigenvalue weighted by Crippen LogP contribution is 2.37. The molecular formula is C32H27N3O3S2. The molecule has 1 aromatic heterocycles. The number of aryl methyl sites for hydroxylation is 1. The Bertz CT molecular complexity index is 1600. The van der Waals surface area contributed by atoms with Crippen LogP contribution >= 0.6 is 23.1 Å². The van der Waals surface area contributed by atoms with Crippen LogP contribution in [0.15, 0.2) is 113 Å². The fraction of sp³-hybridized carbons (Fsp3) is 0.0938. The second-order valence-electron chi connectivity index (χ2n) is 9.01. The Morgan fingerprint density at radius 3 is 2.35 bits per heavy atom. The van der Waals surface area contributed by atoms with E-state index in [-0.39, 0.29) is 11.8 Å². The quantitative estimate of drug-likeness (QED) is 0.178. The van der Waals surface area contributed by atoms with Crippen molar-refractivity contribution in [2.75, 3.05) is 17.7 Å². The number of thioether (sulfide) groups is 1. The number of aromatic nitrogens is 1. The van der Waals surface area contributed by atoms with Gasteiger partial charge in [-0.2, -0.15) is 0 Å². The van der Waals surface area contributed by atoms with Gasteiger partial charge in [0.1, 0.15) is 11.0 Å². The van der Waals surface area contributed by atoms with E-state index < -0.39 is 5.25 Å². The zero-order valence-corrected chi connectivity index (χ0v) is 23.6. The van der Waals surface area contributed by atoms with Crippen LogP contribution in [0.2, 0.25) is 0 Å². The molecule has 5 aromatic rings. The predicted octanol–water partition coefficient (Wildman–Crippen LogP) is 7.85. The van der Waals surface area contributed by atoms with Gasteiger partial charge in [0.05, 0.1) is 12.8 Å². The molecule has 2 N–H and O–H groups in total. The normalized spacial score (nSPS) is 11.4. The third-order valence-electron chi connectivity index (χ3n) is 6.12. The largest absolute Gasteiger partial charge is 0.497 e. The lowest BCUT2D eigenvalue weighted by atomic mass is 10.1. The maximum absolute atomic E-state index is 13.5. The van der Waals surface area contributed by atoms with Crippen molar-refractivity contribution in [3.8, 4) is 17.0 Å². The minimum Gasteiger partial charge on any atom is -0.497 e. The number of nitrogens with one attached hydrogen (secondary N) is 2. The number of hydrogen-bond donors (Lipinski definition) is 2. The van der Waals surface area contributed by atoms with Crippen LogP contribution in [0, 0.1) is 6.92 Å². The number of amides is 2. The van der Waals surface area contributed by atoms with Crippen molar-refractivity contribution in [1.82, 2.24) is 4.98 Å². The number of benzene rings is 4. The second kappa shape index (κ2) is 12.6. The molecule has 2 amide bonds. The number of ether oxygens (including phenoxy) is 1. The van der Waals surface area contributed by atoms with Crippen molar-refractivity contribution in [1.29, 1.82) is 0 Å². The summed E-state index contributed by atoms with van der Waals surface area (Å²) in [6.07, 6.45) is 0. The molecule has 1 unspecified atom stereocenters. The summed E-state index contributed by atoms with van der Waals surface area (Å²) >= 11 is 2.84. The first-order chi connectivity index (χ1) is 19.5. The summed E-state index contributed by atoms with van der Waals surface area (Å²) in [6.45, 7) is 2.05. The molecule has 0 aliphatic carbocycles. The Hall–Kier alpha value is -4.40. The summed E-state index contributed by atoms with van der Waals surface area (Å²) in [5, 5.41) is 7.92. The van der Waals surface area contributed by atoms with Crippen LogP contribution in [0.3, 0.4) is 0 Å². The molecule has 5 rings (SSSR count). The molecule has 0 bridgehead atoms. The van der Waals surface area contributed by atoms with Crippen LogP contribution in [0.25, 0.3) is 11.3 Å². The van der Waals surface area contributed by atoms with Crippen molar-refractivity contribution in [3.63, 3.8) is 0 Å². The van der Waals surface area contributed by atoms with Gasteiger partial charge in [-0.1, -0.05) is 66.2 Å². The minimum atomic E-state index is -0.495. The zero-order chi connectivity index (χ0) is 27.9. The monoisotopic (exact) mass is 565 g/mol. The molecule has 1 atom stereocenters. The lowest BCUT2D eigenvalue weighted by Crippen LogP contribution is -2.19. The Morgan fingerprint density at radius 1 is 0.875 bits per heavy atom. The predicted molar refractivity (Wildman–Crippen MR) is 163 cm³/mol. The van der Waals surface area contributed by atoms with Gasteiger partial charge in [0.25, 0.3) is 5.91 Å². The molecule has 0 radical (unpaired) electrons. The lowest BCUT2D eigenvalue weighted by molar-refractivity contribution is -0.115. The number of thiazole rings is 1. The highest BCUT2D eigenvalue weighted by molar-refractivity contribution is 8.00. The zero-order valence-electron chi connectivity index (χ0n) is 22.0. The molecule has 200 valence electrons. The number of rotatable bonds is 9. The molecule has 0 aliphatic rings. The van der Waals surface area contributed by atoms with Crippen LogP contribution < -0.4 is 15.4 Å². The van der Waals surface area contributed by atoms with Crippen LogP contribution in [-0.4, -0.2) is 23.9 Å². The highest BCUT2D eigenvalue weighted by Gasteiger charge is 2.23. The van der Waals surface area contributed by atoms with Crippen molar-refractivity contribution >= 4 is 45.7 Å². The summed E-state index contributed by atoms with van der Waals surface area (Å²) in [4.78, 5) is 31.7. The van der Waals surface area contributed by atoms with Gasteiger partial charge in [-0.15, -0.1) is 23.1 Å². The summed E-state index contributed by atoms with van der Waals surface area (Å²) in [5.74, 6) is 0.236. The number of methoxy groups -OCH3 is 1. The smallest absolute Gasteiger partial charge is 0.255 e. The standard InChI is InChI=1S/C32H27N3O3S2/c1-21-11-13-22(14-12-21)28-20-39-32(34-28)35-31(37)29(23-7-4-3-5-8-23)40-27-17-15-25(16-18-27)33-30(36)24-9-6-10-26(19-24)38-2/h3-20,29H,1-2H3,(H,33,36)(H,34,35,37). The van der Waals surface area contributed by atoms with Crippen LogP contribution in [-0.2, 0) is 4.79 Å². The van der Waals surface area contributed by atoms with Gasteiger partial charge in [-0.3, -0.25) is 9.59 Å². The average molecular weight is 566 g/mol. The van der Waals surface area contributed by atoms with E-state index in [9.17, 15) is 9.59 Å². The molecule has 0 saturated heterocycles. The number of carbonyl (C=O) groups is 2. The highest BCUT2D eigenvalue weighted by atomic mass is 32.2. The maximum atomic E-state index is 13.5. The molecule has 0 aliphatic heterocycles. The van der Waals surface area contributed by atoms with Gasteiger partial charge in [0.2, 0.25) is 5.91 Å². The van der Waals surface area contributed by atoms with Crippen molar-refractivity contribution in [2.45, 2.75) is 17.1 Å². The third kappa shape index (κ3) is 6.77. The molecule has 4 aromatic carbocycles. The van der Waals surface area contributed by atoms with E-state index in [0.717, 1.165) is 21.7 Å². The van der Waals surface area contributed by atoms with E-state index in [2.05, 4.69) is 15.6 Å². The number of nitrogens with zero attached hydrogens (tertiary/aromatic N) is 1. The SMILES string of the molecule is COc1cccc(C(=O)Nc2ccc(SC(C(=O)Nc3nc(-c4ccc(C)cc4)cs3)c3ccccc3)cc2)c1. The van der Waals surface area contributed by atoms with Gasteiger partial charge in [0.15, 0.2) is 5.13 Å². The van der Waals surface area contributed by atoms with E-state index in [1.807, 2.05) is 91.2 Å². The molecule has 0 fully saturated rings. The second-order valence-corrected chi connectivity index (χ2v) is 11.0. The number of carbonyl (C=O) groups excluding carboxylic acids is 2. The molecule has 1 heterocycles. The van der Waals surface area contributed by atoms with Crippen molar-refractivity contribution in [3.05, 3.63) is 125 Å². The first-order valence-electron chi connectivity index (χ1n) is 12.6. The van der Waals surface area contributed by atoms with Crippen molar-refractivity contribution in [2.24, 2.45) is 0 Å². The summed E-state index contributed by atoms with van der Waals surface area (Å²) in [6, 6.07) is 32.3. The van der Waals surface area contributed by atoms with Crippen LogP contribution in [0.4, 0.5) is 10.8 Å². The molecule has 40 heavy (non-hydrogen) atoms. The maximum Gasteiger partial charge on any atom is 0.255 e. The molecular weight excluding hydrogens is 539 g/mol. The van der Waals surface area contributed by atoms with E-state index in [1.165, 1.54) is 28.7 Å². The van der Waals surface area contributed by atoms with Gasteiger partial charge < -0.3 is 15.4 Å². The van der Waals surface area contributed by atoms with Crippen LogP contribution in [0.1, 0.15) is 26.7 Å². The van der Waals surface area contributed by atoms with Gasteiger partial charge >= 0.3 is 0 Å². The van der Waals surface area contributed by atoms with Crippen molar-refractivity contribution < 1.29 is 14.3 Å². The molecule has 6 nitrogen and oxygen atoms in total. The van der Waals surface area contributed by atoms with Gasteiger partial charge in [-0.25, -0.2) is 4.98 Å². The average Bonchev–Trinajstić information content (AvgIpc) is 3.45. The minimum absolute atomic E-state index is 0.156. The molecule has 0 spiro atoms. The van der Waals surface area contributed by atoms with Crippen LogP contribution in [0.5, 0.6) is 5.75 Å². The first kappa shape index (κ1) is 27.2. The Morgan fingerprint density at radius 2 is 1.62 bits per heavy atom. The van der Waals surface area contributed by atoms with E-state index in [1.54, 1.807) is 31.4 Å². The fourth-order valence-electron chi connectivity index (χ4n) is 3.98. The fourth-order valence-corrected chi connectivity index (χ4v) is 5.73.